The fraction of sp³-hybridized carbons (Fsp3) is 0.308. The van der Waals surface area contributed by atoms with Gasteiger partial charge in [-0.15, -0.1) is 0 Å². The summed E-state index contributed by atoms with van der Waals surface area (Å²) in [6.45, 7) is 11.9. The Kier molecular flexibility index (Phi) is 5.21. The van der Waals surface area contributed by atoms with Gasteiger partial charge in [0.2, 0.25) is 0 Å². The molecule has 2 aromatic carbocycles. The number of allylic oxidation sites excluding steroid dienone is 1. The van der Waals surface area contributed by atoms with Gasteiger partial charge in [-0.25, -0.2) is 4.79 Å². The highest BCUT2D eigenvalue weighted by Crippen LogP contribution is 2.39. The molecule has 2 heterocycles. The number of carbonyl (C=O) groups excluding carboxylic acids is 2. The molecule has 0 aliphatic carbocycles. The van der Waals surface area contributed by atoms with E-state index in [0.717, 1.165) is 28.8 Å². The number of amides is 3. The molecule has 0 bridgehead atoms. The molecule has 2 aliphatic rings. The van der Waals surface area contributed by atoms with Crippen LogP contribution in [0.4, 0.5) is 10.5 Å². The minimum Gasteiger partial charge on any atom is -0.363 e. The summed E-state index contributed by atoms with van der Waals surface area (Å²) in [5.74, 6) is -0.299. The van der Waals surface area contributed by atoms with Crippen LogP contribution in [0.15, 0.2) is 54.2 Å². The summed E-state index contributed by atoms with van der Waals surface area (Å²) in [6.07, 6.45) is 4.04. The van der Waals surface area contributed by atoms with Crippen molar-refractivity contribution < 1.29 is 9.59 Å². The van der Waals surface area contributed by atoms with Gasteiger partial charge in [0.1, 0.15) is 5.70 Å². The number of fused-ring (bicyclic) bond motifs is 1. The highest BCUT2D eigenvalue weighted by Gasteiger charge is 2.34. The van der Waals surface area contributed by atoms with Crippen LogP contribution in [0, 0.1) is 6.92 Å². The molecule has 2 aliphatic heterocycles. The van der Waals surface area contributed by atoms with Gasteiger partial charge < -0.3 is 10.2 Å². The highest BCUT2D eigenvalue weighted by molar-refractivity contribution is 6.14. The van der Waals surface area contributed by atoms with Gasteiger partial charge in [-0.1, -0.05) is 42.0 Å². The predicted octanol–water partition coefficient (Wildman–Crippen LogP) is 5.11. The highest BCUT2D eigenvalue weighted by atomic mass is 16.2. The van der Waals surface area contributed by atoms with E-state index in [0.29, 0.717) is 5.70 Å². The molecule has 1 fully saturated rings. The number of rotatable bonds is 4. The standard InChI is InChI=1S/C26H29N3O2/c1-6-29-23-12-11-20(13-21(23)18(3)15-26(29,4)5)14-22-24(30)28(25(31)27-22)16-19-9-7-17(2)8-10-19/h7-15H,6,16H2,1-5H3,(H,27,31)/b22-14+. The van der Waals surface area contributed by atoms with E-state index >= 15 is 0 Å². The molecular weight excluding hydrogens is 386 g/mol. The molecule has 0 atom stereocenters. The number of aryl methyl sites for hydroxylation is 1. The van der Waals surface area contributed by atoms with Crippen molar-refractivity contribution in [3.8, 4) is 0 Å². The van der Waals surface area contributed by atoms with Crippen LogP contribution in [0.25, 0.3) is 11.6 Å². The number of anilines is 1. The number of imide groups is 1. The van der Waals surface area contributed by atoms with E-state index in [2.05, 4.69) is 56.1 Å². The Bertz CT molecular complexity index is 1110. The molecule has 5 heteroatoms. The Morgan fingerprint density at radius 2 is 1.74 bits per heavy atom. The van der Waals surface area contributed by atoms with E-state index in [4.69, 9.17) is 0 Å². The molecule has 0 unspecified atom stereocenters. The molecule has 1 saturated heterocycles. The van der Waals surface area contributed by atoms with E-state index in [1.807, 2.05) is 37.3 Å². The van der Waals surface area contributed by atoms with E-state index < -0.39 is 0 Å². The SMILES string of the molecule is CCN1c2ccc(/C=C3/NC(=O)N(Cc4ccc(C)cc4)C3=O)cc2C(C)=CC1(C)C. The van der Waals surface area contributed by atoms with Crippen molar-refractivity contribution in [1.29, 1.82) is 0 Å². The van der Waals surface area contributed by atoms with Crippen LogP contribution < -0.4 is 10.2 Å². The second-order valence-corrected chi connectivity index (χ2v) is 8.87. The smallest absolute Gasteiger partial charge is 0.329 e. The zero-order valence-electron chi connectivity index (χ0n) is 18.8. The summed E-state index contributed by atoms with van der Waals surface area (Å²) in [7, 11) is 0. The summed E-state index contributed by atoms with van der Waals surface area (Å²) < 4.78 is 0. The van der Waals surface area contributed by atoms with Gasteiger partial charge >= 0.3 is 6.03 Å². The average molecular weight is 416 g/mol. The number of urea groups is 1. The van der Waals surface area contributed by atoms with Gasteiger partial charge in [0, 0.05) is 17.8 Å². The molecule has 2 aromatic rings. The third kappa shape index (κ3) is 3.88. The van der Waals surface area contributed by atoms with Gasteiger partial charge in [0.25, 0.3) is 5.91 Å². The second kappa shape index (κ2) is 7.73. The molecule has 0 aromatic heterocycles. The predicted molar refractivity (Wildman–Crippen MR) is 125 cm³/mol. The van der Waals surface area contributed by atoms with Crippen molar-refractivity contribution in [2.75, 3.05) is 11.4 Å². The molecule has 5 nitrogen and oxygen atoms in total. The van der Waals surface area contributed by atoms with Gasteiger partial charge in [-0.2, -0.15) is 0 Å². The first-order valence-electron chi connectivity index (χ1n) is 10.7. The first-order chi connectivity index (χ1) is 14.7. The average Bonchev–Trinajstić information content (AvgIpc) is 2.97. The Hall–Kier alpha value is -3.34. The van der Waals surface area contributed by atoms with Crippen LogP contribution in [0.5, 0.6) is 0 Å². The number of carbonyl (C=O) groups is 2. The Labute approximate surface area is 184 Å². The van der Waals surface area contributed by atoms with Crippen molar-refractivity contribution >= 4 is 29.3 Å². The molecule has 0 radical (unpaired) electrons. The minimum absolute atomic E-state index is 0.0440. The van der Waals surface area contributed by atoms with Crippen LogP contribution in [0.3, 0.4) is 0 Å². The maximum absolute atomic E-state index is 12.9. The molecule has 0 saturated carbocycles. The number of nitrogens with one attached hydrogen (secondary N) is 1. The fourth-order valence-corrected chi connectivity index (χ4v) is 4.53. The molecular formula is C26H29N3O2. The van der Waals surface area contributed by atoms with Gasteiger partial charge in [0.05, 0.1) is 12.1 Å². The van der Waals surface area contributed by atoms with E-state index in [1.54, 1.807) is 6.08 Å². The first-order valence-corrected chi connectivity index (χ1v) is 10.7. The molecule has 3 amide bonds. The Morgan fingerprint density at radius 3 is 2.42 bits per heavy atom. The molecule has 31 heavy (non-hydrogen) atoms. The quantitative estimate of drug-likeness (QED) is 0.558. The Morgan fingerprint density at radius 1 is 1.03 bits per heavy atom. The minimum atomic E-state index is -0.384. The van der Waals surface area contributed by atoms with Crippen LogP contribution in [0.2, 0.25) is 0 Å². The maximum Gasteiger partial charge on any atom is 0.329 e. The monoisotopic (exact) mass is 415 g/mol. The number of nitrogens with zero attached hydrogens (tertiary/aromatic N) is 2. The van der Waals surface area contributed by atoms with Crippen molar-refractivity contribution in [2.45, 2.75) is 46.7 Å². The fourth-order valence-electron chi connectivity index (χ4n) is 4.53. The van der Waals surface area contributed by atoms with Crippen molar-refractivity contribution in [3.05, 3.63) is 76.5 Å². The largest absolute Gasteiger partial charge is 0.363 e. The lowest BCUT2D eigenvalue weighted by molar-refractivity contribution is -0.123. The van der Waals surface area contributed by atoms with E-state index in [9.17, 15) is 9.59 Å². The van der Waals surface area contributed by atoms with Crippen LogP contribution in [-0.4, -0.2) is 28.9 Å². The zero-order valence-corrected chi connectivity index (χ0v) is 18.8. The summed E-state index contributed by atoms with van der Waals surface area (Å²) >= 11 is 0. The second-order valence-electron chi connectivity index (χ2n) is 8.87. The normalized spacial score (nSPS) is 18.9. The van der Waals surface area contributed by atoms with Crippen molar-refractivity contribution in [2.24, 2.45) is 0 Å². The first kappa shape index (κ1) is 20.9. The van der Waals surface area contributed by atoms with Crippen molar-refractivity contribution in [3.63, 3.8) is 0 Å². The van der Waals surface area contributed by atoms with Crippen LogP contribution in [-0.2, 0) is 11.3 Å². The lowest BCUT2D eigenvalue weighted by atomic mass is 9.88. The summed E-state index contributed by atoms with van der Waals surface area (Å²) in [5, 5.41) is 2.73. The van der Waals surface area contributed by atoms with E-state index in [1.165, 1.54) is 16.2 Å². The lowest BCUT2D eigenvalue weighted by Crippen LogP contribution is -2.44. The van der Waals surface area contributed by atoms with Crippen molar-refractivity contribution in [1.82, 2.24) is 10.2 Å². The third-order valence-electron chi connectivity index (χ3n) is 6.05. The van der Waals surface area contributed by atoms with Gasteiger partial charge in [-0.3, -0.25) is 9.69 Å². The number of hydrogen-bond donors (Lipinski definition) is 1. The van der Waals surface area contributed by atoms with Gasteiger partial charge in [-0.05, 0) is 69.5 Å². The summed E-state index contributed by atoms with van der Waals surface area (Å²) in [6, 6.07) is 13.7. The molecule has 4 rings (SSSR count). The number of likely N-dealkylation sites (N-methyl/N-ethyl adjacent to an activating group) is 1. The molecule has 1 N–H and O–H groups in total. The molecule has 0 spiro atoms. The number of hydrogen-bond acceptors (Lipinski definition) is 3. The maximum atomic E-state index is 12.9. The van der Waals surface area contributed by atoms with E-state index in [-0.39, 0.29) is 24.0 Å². The van der Waals surface area contributed by atoms with Crippen LogP contribution >= 0.6 is 0 Å². The molecule has 160 valence electrons. The third-order valence-corrected chi connectivity index (χ3v) is 6.05. The number of benzene rings is 2. The zero-order chi connectivity index (χ0) is 22.3. The van der Waals surface area contributed by atoms with Gasteiger partial charge in [0.15, 0.2) is 0 Å². The summed E-state index contributed by atoms with van der Waals surface area (Å²) in [4.78, 5) is 28.9. The summed E-state index contributed by atoms with van der Waals surface area (Å²) in [5.41, 5.74) is 6.78. The lowest BCUT2D eigenvalue weighted by Gasteiger charge is -2.42. The van der Waals surface area contributed by atoms with Crippen LogP contribution in [0.1, 0.15) is 49.9 Å². The Balaban J connectivity index is 1.61. The topological polar surface area (TPSA) is 52.7 Å².